The van der Waals surface area contributed by atoms with Crippen LogP contribution in [0, 0.1) is 0 Å². The predicted molar refractivity (Wildman–Crippen MR) is 323 cm³/mol. The van der Waals surface area contributed by atoms with Gasteiger partial charge in [-0.15, -0.1) is 0 Å². The van der Waals surface area contributed by atoms with Gasteiger partial charge in [0, 0.05) is 6.42 Å². The van der Waals surface area contributed by atoms with Crippen molar-refractivity contribution in [3.63, 3.8) is 0 Å². The van der Waals surface area contributed by atoms with Gasteiger partial charge in [0.25, 0.3) is 0 Å². The molecule has 1 amide bonds. The number of carbonyl (C=O) groups excluding carboxylic acids is 1. The first-order valence-corrected chi connectivity index (χ1v) is 31.5. The van der Waals surface area contributed by atoms with Crippen LogP contribution in [-0.2, 0) is 23.7 Å². The van der Waals surface area contributed by atoms with Crippen LogP contribution < -0.4 is 5.32 Å². The second-order valence-corrected chi connectivity index (χ2v) is 21.8. The number of nitrogens with one attached hydrogen (secondary N) is 1. The molecule has 0 saturated carbocycles. The lowest BCUT2D eigenvalue weighted by atomic mass is 9.97. The fraction of sp³-hybridized carbons (Fsp3) is 0.742. The summed E-state index contributed by atoms with van der Waals surface area (Å²) in [5, 5.41) is 86.9. The molecule has 9 N–H and O–H groups in total. The molecule has 12 atom stereocenters. The Hall–Kier alpha value is -3.09. The van der Waals surface area contributed by atoms with Crippen LogP contribution in [0.25, 0.3) is 0 Å². The highest BCUT2D eigenvalue weighted by Gasteiger charge is 2.51. The van der Waals surface area contributed by atoms with E-state index in [0.29, 0.717) is 12.8 Å². The zero-order chi connectivity index (χ0) is 58.1. The second kappa shape index (κ2) is 50.4. The third-order valence-electron chi connectivity index (χ3n) is 14.8. The number of ether oxygens (including phenoxy) is 4. The van der Waals surface area contributed by atoms with Crippen LogP contribution in [0.2, 0.25) is 0 Å². The molecule has 2 fully saturated rings. The highest BCUT2D eigenvalue weighted by atomic mass is 16.7. The molecule has 0 radical (unpaired) electrons. The number of aliphatic hydroxyl groups is 8. The molecule has 0 bridgehead atoms. The number of hydrogen-bond acceptors (Lipinski definition) is 13. The minimum absolute atomic E-state index is 0.254. The van der Waals surface area contributed by atoms with Crippen LogP contribution in [-0.4, -0.2) is 140 Å². The Morgan fingerprint density at radius 1 is 0.463 bits per heavy atom. The third kappa shape index (κ3) is 35.1. The predicted octanol–water partition coefficient (Wildman–Crippen LogP) is 11.4. The Balaban J connectivity index is 1.61. The first kappa shape index (κ1) is 73.0. The monoisotopic (exact) mass is 1130 g/mol. The number of aliphatic hydroxyl groups excluding tert-OH is 8. The summed E-state index contributed by atoms with van der Waals surface area (Å²) in [5.74, 6) is -0.254. The molecule has 0 aromatic heterocycles. The largest absolute Gasteiger partial charge is 0.394 e. The Kier molecular flexibility index (Phi) is 46.0. The summed E-state index contributed by atoms with van der Waals surface area (Å²) >= 11 is 0. The second-order valence-electron chi connectivity index (χ2n) is 21.8. The van der Waals surface area contributed by atoms with Gasteiger partial charge in [-0.05, 0) is 83.5 Å². The molecule has 0 spiro atoms. The number of rotatable bonds is 49. The van der Waals surface area contributed by atoms with Gasteiger partial charge in [-0.2, -0.15) is 0 Å². The van der Waals surface area contributed by atoms with Gasteiger partial charge in [0.15, 0.2) is 12.6 Å². The van der Waals surface area contributed by atoms with Gasteiger partial charge in [-0.1, -0.05) is 227 Å². The van der Waals surface area contributed by atoms with Crippen LogP contribution >= 0.6 is 0 Å². The van der Waals surface area contributed by atoms with E-state index in [1.165, 1.54) is 116 Å². The van der Waals surface area contributed by atoms with Crippen molar-refractivity contribution in [3.05, 3.63) is 97.2 Å². The van der Waals surface area contributed by atoms with Gasteiger partial charge in [-0.3, -0.25) is 4.79 Å². The fourth-order valence-corrected chi connectivity index (χ4v) is 9.72. The van der Waals surface area contributed by atoms with E-state index in [2.05, 4.69) is 104 Å². The van der Waals surface area contributed by atoms with E-state index in [1.54, 1.807) is 6.08 Å². The lowest BCUT2D eigenvalue weighted by Gasteiger charge is -2.46. The summed E-state index contributed by atoms with van der Waals surface area (Å²) in [6.45, 7) is 2.62. The van der Waals surface area contributed by atoms with Crippen molar-refractivity contribution in [2.75, 3.05) is 19.8 Å². The number of unbranched alkanes of at least 4 members (excludes halogenated alkanes) is 22. The average molecular weight is 1130 g/mol. The highest BCUT2D eigenvalue weighted by Crippen LogP contribution is 2.30. The third-order valence-corrected chi connectivity index (χ3v) is 14.8. The maximum Gasteiger partial charge on any atom is 0.220 e. The molecule has 12 unspecified atom stereocenters. The number of amides is 1. The molecular formula is C66H113NO13. The molecule has 2 rings (SSSR count). The van der Waals surface area contributed by atoms with E-state index < -0.39 is 86.8 Å². The summed E-state index contributed by atoms with van der Waals surface area (Å²) in [6, 6.07) is -0.934. The van der Waals surface area contributed by atoms with Gasteiger partial charge in [0.1, 0.15) is 48.8 Å². The van der Waals surface area contributed by atoms with Crippen molar-refractivity contribution in [1.82, 2.24) is 5.32 Å². The molecule has 2 heterocycles. The summed E-state index contributed by atoms with van der Waals surface area (Å²) in [7, 11) is 0. The van der Waals surface area contributed by atoms with Crippen LogP contribution in [0.15, 0.2) is 97.2 Å². The maximum atomic E-state index is 13.2. The van der Waals surface area contributed by atoms with E-state index in [4.69, 9.17) is 18.9 Å². The summed E-state index contributed by atoms with van der Waals surface area (Å²) < 4.78 is 22.7. The quantitative estimate of drug-likeness (QED) is 0.0204. The Morgan fingerprint density at radius 3 is 1.38 bits per heavy atom. The lowest BCUT2D eigenvalue weighted by Crippen LogP contribution is -2.65. The zero-order valence-corrected chi connectivity index (χ0v) is 49.5. The summed E-state index contributed by atoms with van der Waals surface area (Å²) in [6.07, 6.45) is 53.3. The molecule has 80 heavy (non-hydrogen) atoms. The number of hydrogen-bond donors (Lipinski definition) is 9. The molecule has 2 aliphatic heterocycles. The standard InChI is InChI=1S/C66H113NO13/c1-3-5-7-9-11-13-15-16-17-18-19-20-21-22-23-24-25-26-27-28-29-30-31-32-33-34-35-36-37-38-40-42-44-46-48-50-58(71)67-54(55(70)49-47-45-43-41-39-14-12-10-8-6-4-2)53-77-65-63(76)61(74)64(57(52-69)79-65)80-66-62(75)60(73)59(72)56(51-68)78-66/h5,7,11,13,16-17,19-20,22-23,25-26,39,41,47,49,54-57,59-66,68-70,72-76H,3-4,6,8-10,12,14-15,18,21,24,27-38,40,42-46,48,50-53H2,1-2H3,(H,67,71)/b7-5-,13-11-,17-16-,20-19-,23-22-,26-25-,41-39+,49-47+. The van der Waals surface area contributed by atoms with Crippen molar-refractivity contribution in [1.29, 1.82) is 0 Å². The smallest absolute Gasteiger partial charge is 0.220 e. The topological polar surface area (TPSA) is 228 Å². The molecule has 0 aliphatic carbocycles. The van der Waals surface area contributed by atoms with E-state index in [9.17, 15) is 45.6 Å². The summed E-state index contributed by atoms with van der Waals surface area (Å²) in [4.78, 5) is 13.2. The van der Waals surface area contributed by atoms with Crippen molar-refractivity contribution in [2.24, 2.45) is 0 Å². The Bertz CT molecular complexity index is 1710. The first-order chi connectivity index (χ1) is 39.1. The van der Waals surface area contributed by atoms with Gasteiger partial charge >= 0.3 is 0 Å². The molecule has 14 nitrogen and oxygen atoms in total. The minimum atomic E-state index is -1.79. The van der Waals surface area contributed by atoms with Gasteiger partial charge in [0.05, 0.1) is 32.0 Å². The number of allylic oxidation sites excluding steroid dienone is 15. The van der Waals surface area contributed by atoms with Gasteiger partial charge in [0.2, 0.25) is 5.91 Å². The van der Waals surface area contributed by atoms with Crippen LogP contribution in [0.1, 0.15) is 219 Å². The average Bonchev–Trinajstić information content (AvgIpc) is 3.46. The fourth-order valence-electron chi connectivity index (χ4n) is 9.72. The van der Waals surface area contributed by atoms with Crippen LogP contribution in [0.4, 0.5) is 0 Å². The Labute approximate surface area is 483 Å². The van der Waals surface area contributed by atoms with Crippen molar-refractivity contribution in [2.45, 2.75) is 293 Å². The first-order valence-electron chi connectivity index (χ1n) is 31.5. The van der Waals surface area contributed by atoms with Crippen molar-refractivity contribution in [3.8, 4) is 0 Å². The molecule has 2 aliphatic rings. The SMILES string of the molecule is CC/C=C\C/C=C\C/C=C\C/C=C\C/C=C\C/C=C\CCCCCCCCCCCCCCCCCCC(=O)NC(COC1OC(CO)C(OC2OC(CO)C(O)C(O)C2O)C(O)C1O)C(O)/C=C/CC/C=C/CCCCCCC. The maximum absolute atomic E-state index is 13.2. The van der Waals surface area contributed by atoms with Crippen molar-refractivity contribution >= 4 is 5.91 Å². The van der Waals surface area contributed by atoms with E-state index in [0.717, 1.165) is 70.6 Å². The lowest BCUT2D eigenvalue weighted by molar-refractivity contribution is -0.359. The number of carbonyl (C=O) groups is 1. The molecule has 14 heteroatoms. The molecular weight excluding hydrogens is 1010 g/mol. The van der Waals surface area contributed by atoms with Crippen LogP contribution in [0.3, 0.4) is 0 Å². The van der Waals surface area contributed by atoms with Crippen molar-refractivity contribution < 1.29 is 64.6 Å². The molecule has 460 valence electrons. The normalized spacial score (nSPS) is 24.9. The van der Waals surface area contributed by atoms with E-state index in [-0.39, 0.29) is 18.9 Å². The van der Waals surface area contributed by atoms with Gasteiger partial charge < -0.3 is 65.1 Å². The Morgan fingerprint density at radius 2 is 0.875 bits per heavy atom. The van der Waals surface area contributed by atoms with E-state index in [1.807, 2.05) is 6.08 Å². The minimum Gasteiger partial charge on any atom is -0.394 e. The van der Waals surface area contributed by atoms with E-state index >= 15 is 0 Å². The summed E-state index contributed by atoms with van der Waals surface area (Å²) in [5.41, 5.74) is 0. The molecule has 0 aromatic carbocycles. The zero-order valence-electron chi connectivity index (χ0n) is 49.5. The molecule has 0 aromatic rings. The van der Waals surface area contributed by atoms with Crippen LogP contribution in [0.5, 0.6) is 0 Å². The highest BCUT2D eigenvalue weighted by molar-refractivity contribution is 5.76. The molecule has 2 saturated heterocycles. The van der Waals surface area contributed by atoms with Gasteiger partial charge in [-0.25, -0.2) is 0 Å².